The molecule has 0 aliphatic heterocycles. The summed E-state index contributed by atoms with van der Waals surface area (Å²) in [5, 5.41) is 10.4. The third-order valence-electron chi connectivity index (χ3n) is 3.02. The predicted molar refractivity (Wildman–Crippen MR) is 84.1 cm³/mol. The molecule has 1 atom stereocenters. The number of nitrogens with one attached hydrogen (secondary N) is 1. The maximum Gasteiger partial charge on any atom is 0.114 e. The van der Waals surface area contributed by atoms with Gasteiger partial charge < -0.3 is 5.32 Å². The third-order valence-corrected chi connectivity index (χ3v) is 4.84. The predicted octanol–water partition coefficient (Wildman–Crippen LogP) is 4.45. The molecule has 0 radical (unpaired) electrons. The number of rotatable bonds is 4. The first-order valence-corrected chi connectivity index (χ1v) is 8.13. The average Bonchev–Trinajstić information content (AvgIpc) is 3.05. The van der Waals surface area contributed by atoms with Gasteiger partial charge >= 0.3 is 0 Å². The highest BCUT2D eigenvalue weighted by Gasteiger charge is 2.20. The van der Waals surface area contributed by atoms with E-state index in [2.05, 4.69) is 53.8 Å². The van der Waals surface area contributed by atoms with E-state index in [1.165, 1.54) is 15.6 Å². The molecule has 0 spiro atoms. The quantitative estimate of drug-likeness (QED) is 0.767. The van der Waals surface area contributed by atoms with Crippen molar-refractivity contribution < 1.29 is 0 Å². The van der Waals surface area contributed by atoms with E-state index in [-0.39, 0.29) is 6.04 Å². The van der Waals surface area contributed by atoms with Crippen LogP contribution in [0, 0.1) is 0 Å². The van der Waals surface area contributed by atoms with Crippen molar-refractivity contribution in [2.45, 2.75) is 25.9 Å². The zero-order valence-corrected chi connectivity index (χ0v) is 12.6. The molecule has 1 aromatic carbocycles. The topological polar surface area (TPSA) is 24.9 Å². The number of aromatic nitrogens is 1. The van der Waals surface area contributed by atoms with Gasteiger partial charge in [-0.1, -0.05) is 18.2 Å². The summed E-state index contributed by atoms with van der Waals surface area (Å²) in [5.74, 6) is 0. The number of thiazole rings is 1. The molecule has 0 amide bonds. The van der Waals surface area contributed by atoms with Gasteiger partial charge in [-0.3, -0.25) is 0 Å². The van der Waals surface area contributed by atoms with E-state index in [4.69, 9.17) is 0 Å². The fourth-order valence-electron chi connectivity index (χ4n) is 2.23. The highest BCUT2D eigenvalue weighted by atomic mass is 32.1. The zero-order valence-electron chi connectivity index (χ0n) is 11.0. The fourth-order valence-corrected chi connectivity index (χ4v) is 3.93. The molecule has 2 heterocycles. The lowest BCUT2D eigenvalue weighted by molar-refractivity contribution is 0.530. The number of hydrogen-bond donors (Lipinski definition) is 1. The van der Waals surface area contributed by atoms with Crippen molar-refractivity contribution in [2.24, 2.45) is 0 Å². The summed E-state index contributed by atoms with van der Waals surface area (Å²) in [6, 6.07) is 9.19. The smallest absolute Gasteiger partial charge is 0.114 e. The van der Waals surface area contributed by atoms with Crippen LogP contribution in [0.1, 0.15) is 30.5 Å². The summed E-state index contributed by atoms with van der Waals surface area (Å²) in [4.78, 5) is 4.49. The lowest BCUT2D eigenvalue weighted by atomic mass is 10.1. The SMILES string of the molecule is CC(C)NC(c1nccs1)c1csc2ccccc12. The highest BCUT2D eigenvalue weighted by molar-refractivity contribution is 7.17. The van der Waals surface area contributed by atoms with E-state index >= 15 is 0 Å². The van der Waals surface area contributed by atoms with Gasteiger partial charge in [-0.2, -0.15) is 0 Å². The fraction of sp³-hybridized carbons (Fsp3) is 0.267. The summed E-state index contributed by atoms with van der Waals surface area (Å²) in [5.41, 5.74) is 1.34. The Morgan fingerprint density at radius 2 is 2.00 bits per heavy atom. The largest absolute Gasteiger partial charge is 0.302 e. The molecule has 1 N–H and O–H groups in total. The van der Waals surface area contributed by atoms with Crippen molar-refractivity contribution in [3.8, 4) is 0 Å². The molecule has 0 aliphatic rings. The minimum atomic E-state index is 0.191. The van der Waals surface area contributed by atoms with E-state index in [9.17, 15) is 0 Å². The monoisotopic (exact) mass is 288 g/mol. The van der Waals surface area contributed by atoms with Gasteiger partial charge in [-0.05, 0) is 36.2 Å². The van der Waals surface area contributed by atoms with Gasteiger partial charge in [0, 0.05) is 22.3 Å². The first-order valence-electron chi connectivity index (χ1n) is 6.37. The lowest BCUT2D eigenvalue weighted by Crippen LogP contribution is -2.28. The van der Waals surface area contributed by atoms with Crippen molar-refractivity contribution in [1.29, 1.82) is 0 Å². The Kier molecular flexibility index (Phi) is 3.64. The molecule has 19 heavy (non-hydrogen) atoms. The van der Waals surface area contributed by atoms with Crippen LogP contribution in [-0.2, 0) is 0 Å². The van der Waals surface area contributed by atoms with Crippen LogP contribution >= 0.6 is 22.7 Å². The van der Waals surface area contributed by atoms with Gasteiger partial charge in [0.1, 0.15) is 5.01 Å². The van der Waals surface area contributed by atoms with Gasteiger partial charge in [0.25, 0.3) is 0 Å². The second-order valence-electron chi connectivity index (χ2n) is 4.81. The van der Waals surface area contributed by atoms with Crippen LogP contribution in [0.5, 0.6) is 0 Å². The maximum absolute atomic E-state index is 4.49. The van der Waals surface area contributed by atoms with Crippen LogP contribution in [0.25, 0.3) is 10.1 Å². The Bertz CT molecular complexity index is 656. The Hall–Kier alpha value is -1.23. The Labute approximate surface area is 121 Å². The molecule has 3 aromatic rings. The van der Waals surface area contributed by atoms with E-state index in [1.807, 2.05) is 11.6 Å². The van der Waals surface area contributed by atoms with Crippen molar-refractivity contribution >= 4 is 32.8 Å². The number of fused-ring (bicyclic) bond motifs is 1. The summed E-state index contributed by atoms with van der Waals surface area (Å²) >= 11 is 3.51. The van der Waals surface area contributed by atoms with Gasteiger partial charge in [-0.15, -0.1) is 22.7 Å². The molecule has 3 rings (SSSR count). The minimum Gasteiger partial charge on any atom is -0.302 e. The zero-order chi connectivity index (χ0) is 13.2. The van der Waals surface area contributed by atoms with Crippen LogP contribution in [0.15, 0.2) is 41.2 Å². The lowest BCUT2D eigenvalue weighted by Gasteiger charge is -2.19. The first-order chi connectivity index (χ1) is 9.25. The van der Waals surface area contributed by atoms with Gasteiger partial charge in [0.15, 0.2) is 0 Å². The van der Waals surface area contributed by atoms with Gasteiger partial charge in [-0.25, -0.2) is 4.98 Å². The molecule has 0 saturated heterocycles. The summed E-state index contributed by atoms with van der Waals surface area (Å²) in [6.07, 6.45) is 1.88. The molecule has 1 unspecified atom stereocenters. The van der Waals surface area contributed by atoms with Crippen molar-refractivity contribution in [3.63, 3.8) is 0 Å². The molecule has 2 nitrogen and oxygen atoms in total. The summed E-state index contributed by atoms with van der Waals surface area (Å²) in [7, 11) is 0. The molecule has 0 fully saturated rings. The van der Waals surface area contributed by atoms with Crippen molar-refractivity contribution in [3.05, 3.63) is 51.8 Å². The van der Waals surface area contributed by atoms with Crippen LogP contribution in [0.4, 0.5) is 0 Å². The van der Waals surface area contributed by atoms with E-state index in [0.717, 1.165) is 5.01 Å². The third kappa shape index (κ3) is 2.56. The molecule has 98 valence electrons. The molecule has 0 saturated carbocycles. The van der Waals surface area contributed by atoms with Crippen LogP contribution in [0.2, 0.25) is 0 Å². The van der Waals surface area contributed by atoms with E-state index in [1.54, 1.807) is 22.7 Å². The first kappa shape index (κ1) is 12.8. The highest BCUT2D eigenvalue weighted by Crippen LogP contribution is 2.34. The second-order valence-corrected chi connectivity index (χ2v) is 6.65. The van der Waals surface area contributed by atoms with Crippen LogP contribution in [0.3, 0.4) is 0 Å². The number of thiophene rings is 1. The van der Waals surface area contributed by atoms with E-state index in [0.29, 0.717) is 6.04 Å². The van der Waals surface area contributed by atoms with Crippen molar-refractivity contribution in [2.75, 3.05) is 0 Å². The summed E-state index contributed by atoms with van der Waals surface area (Å²) in [6.45, 7) is 4.35. The number of nitrogens with zero attached hydrogens (tertiary/aromatic N) is 1. The van der Waals surface area contributed by atoms with Crippen LogP contribution in [-0.4, -0.2) is 11.0 Å². The molecule has 4 heteroatoms. The standard InChI is InChI=1S/C15H16N2S2/c1-10(2)17-14(15-16-7-8-18-15)12-9-19-13-6-4-3-5-11(12)13/h3-10,14,17H,1-2H3. The van der Waals surface area contributed by atoms with Crippen LogP contribution < -0.4 is 5.32 Å². The number of benzene rings is 1. The molecule has 0 aliphatic carbocycles. The van der Waals surface area contributed by atoms with E-state index < -0.39 is 0 Å². The Morgan fingerprint density at radius 3 is 2.74 bits per heavy atom. The second kappa shape index (κ2) is 5.41. The molecular weight excluding hydrogens is 272 g/mol. The minimum absolute atomic E-state index is 0.191. The maximum atomic E-state index is 4.49. The molecule has 2 aromatic heterocycles. The van der Waals surface area contributed by atoms with Gasteiger partial charge in [0.05, 0.1) is 6.04 Å². The van der Waals surface area contributed by atoms with Gasteiger partial charge in [0.2, 0.25) is 0 Å². The number of hydrogen-bond acceptors (Lipinski definition) is 4. The van der Waals surface area contributed by atoms with Crippen molar-refractivity contribution in [1.82, 2.24) is 10.3 Å². The summed E-state index contributed by atoms with van der Waals surface area (Å²) < 4.78 is 1.34. The molecule has 0 bridgehead atoms. The normalized spacial score (nSPS) is 13.2. The Morgan fingerprint density at radius 1 is 1.16 bits per heavy atom. The Balaban J connectivity index is 2.09. The molecular formula is C15H16N2S2. The average molecular weight is 288 g/mol.